The fraction of sp³-hybridized carbons (Fsp3) is 1.00. The number of halogens is 1. The molecule has 0 aromatic rings. The van der Waals surface area contributed by atoms with Gasteiger partial charge >= 0.3 is 0 Å². The van der Waals surface area contributed by atoms with Crippen molar-refractivity contribution in [2.45, 2.75) is 79.6 Å². The lowest BCUT2D eigenvalue weighted by Gasteiger charge is -2.05. The Morgan fingerprint density at radius 1 is 0.950 bits per heavy atom. The fourth-order valence-corrected chi connectivity index (χ4v) is 1.70. The first kappa shape index (κ1) is 22.5. The van der Waals surface area contributed by atoms with Crippen molar-refractivity contribution in [2.75, 3.05) is 13.2 Å². The molecular weight excluding hydrogens is 274 g/mol. The zero-order valence-electron chi connectivity index (χ0n) is 14.2. The van der Waals surface area contributed by atoms with E-state index in [4.69, 9.17) is 9.68 Å². The van der Waals surface area contributed by atoms with Crippen molar-refractivity contribution >= 4 is 12.4 Å². The van der Waals surface area contributed by atoms with Crippen molar-refractivity contribution in [1.82, 2.24) is 5.64 Å². The van der Waals surface area contributed by atoms with Gasteiger partial charge in [0.1, 0.15) is 0 Å². The Balaban J connectivity index is 0. The second-order valence-electron chi connectivity index (χ2n) is 6.29. The van der Waals surface area contributed by atoms with E-state index >= 15 is 0 Å². The van der Waals surface area contributed by atoms with Crippen molar-refractivity contribution < 1.29 is 9.68 Å². The molecule has 1 aliphatic carbocycles. The first-order valence-electron chi connectivity index (χ1n) is 8.03. The Labute approximate surface area is 132 Å². The molecule has 3 nitrogen and oxygen atoms in total. The van der Waals surface area contributed by atoms with E-state index in [2.05, 4.69) is 40.3 Å². The maximum Gasteiger partial charge on any atom is 0.0709 e. The topological polar surface area (TPSA) is 30.5 Å². The van der Waals surface area contributed by atoms with E-state index in [-0.39, 0.29) is 12.4 Å². The summed E-state index contributed by atoms with van der Waals surface area (Å²) in [6.07, 6.45) is 8.52. The molecule has 1 aliphatic rings. The van der Waals surface area contributed by atoms with E-state index in [0.717, 1.165) is 32.0 Å². The molecule has 0 aromatic carbocycles. The van der Waals surface area contributed by atoms with Crippen molar-refractivity contribution in [1.29, 1.82) is 0 Å². The van der Waals surface area contributed by atoms with Crippen LogP contribution in [-0.2, 0) is 9.68 Å². The molecule has 1 saturated carbocycles. The van der Waals surface area contributed by atoms with E-state index in [0.29, 0.717) is 5.41 Å². The molecule has 0 saturated heterocycles. The third-order valence-corrected chi connectivity index (χ3v) is 3.82. The number of hydrogen-bond donors (Lipinski definition) is 1. The van der Waals surface area contributed by atoms with Gasteiger partial charge in [-0.1, -0.05) is 65.9 Å². The van der Waals surface area contributed by atoms with E-state index in [1.165, 1.54) is 32.1 Å². The average molecular weight is 310 g/mol. The maximum atomic E-state index is 5.04. The lowest BCUT2D eigenvalue weighted by atomic mass is 10.1. The predicted molar refractivity (Wildman–Crippen MR) is 88.9 cm³/mol. The van der Waals surface area contributed by atoms with Gasteiger partial charge < -0.3 is 0 Å². The van der Waals surface area contributed by atoms with Gasteiger partial charge in [0.15, 0.2) is 0 Å². The molecule has 1 unspecified atom stereocenters. The van der Waals surface area contributed by atoms with E-state index in [9.17, 15) is 0 Å². The molecule has 0 heterocycles. The van der Waals surface area contributed by atoms with Crippen molar-refractivity contribution in [2.24, 2.45) is 11.3 Å². The monoisotopic (exact) mass is 309 g/mol. The Morgan fingerprint density at radius 3 is 1.55 bits per heavy atom. The Hall–Kier alpha value is 0.170. The van der Waals surface area contributed by atoms with Crippen molar-refractivity contribution in [3.8, 4) is 0 Å². The summed E-state index contributed by atoms with van der Waals surface area (Å²) in [6.45, 7) is 12.8. The van der Waals surface area contributed by atoms with Crippen LogP contribution in [-0.4, -0.2) is 13.2 Å². The van der Waals surface area contributed by atoms with Crippen molar-refractivity contribution in [3.63, 3.8) is 0 Å². The molecule has 4 heteroatoms. The lowest BCUT2D eigenvalue weighted by molar-refractivity contribution is -0.171. The van der Waals surface area contributed by atoms with Crippen LogP contribution in [0.15, 0.2) is 0 Å². The van der Waals surface area contributed by atoms with E-state index in [1.807, 2.05) is 0 Å². The number of unbranched alkanes of at least 4 members (excludes halogenated alkanes) is 4. The largest absolute Gasteiger partial charge is 0.277 e. The van der Waals surface area contributed by atoms with Gasteiger partial charge in [0, 0.05) is 0 Å². The highest BCUT2D eigenvalue weighted by atomic mass is 35.5. The summed E-state index contributed by atoms with van der Waals surface area (Å²) < 4.78 is 0. The molecule has 0 bridgehead atoms. The highest BCUT2D eigenvalue weighted by Gasteiger charge is 2.41. The first-order chi connectivity index (χ1) is 9.04. The van der Waals surface area contributed by atoms with Crippen LogP contribution in [0.3, 0.4) is 0 Å². The van der Waals surface area contributed by atoms with E-state index < -0.39 is 0 Å². The summed E-state index contributed by atoms with van der Waals surface area (Å²) >= 11 is 0. The quantitative estimate of drug-likeness (QED) is 0.439. The third kappa shape index (κ3) is 14.6. The molecule has 20 heavy (non-hydrogen) atoms. The van der Waals surface area contributed by atoms with Crippen LogP contribution in [0.1, 0.15) is 79.6 Å². The zero-order chi connectivity index (χ0) is 14.6. The zero-order valence-corrected chi connectivity index (χ0v) is 15.0. The van der Waals surface area contributed by atoms with E-state index in [1.54, 1.807) is 0 Å². The average Bonchev–Trinajstić information content (AvgIpc) is 2.93. The van der Waals surface area contributed by atoms with Gasteiger partial charge in [0.2, 0.25) is 0 Å². The standard InChI is InChI=1S/C10H23NO2.C6H12.ClH/c1-3-5-7-9-12-11-13-10-8-6-4-2;1-5-4-6(5,2)3;/h11H,3-10H2,1-2H3;5H,4H2,1-3H3;1H. The second kappa shape index (κ2) is 14.1. The SMILES string of the molecule is CC1CC1(C)C.CCCCCONOCCCCC.Cl. The van der Waals surface area contributed by atoms with Gasteiger partial charge in [-0.25, -0.2) is 0 Å². The Kier molecular flexibility index (Phi) is 15.9. The van der Waals surface area contributed by atoms with Gasteiger partial charge in [0.05, 0.1) is 13.2 Å². The fourth-order valence-electron chi connectivity index (χ4n) is 1.70. The second-order valence-corrected chi connectivity index (χ2v) is 6.29. The van der Waals surface area contributed by atoms with Gasteiger partial charge in [0.25, 0.3) is 0 Å². The molecule has 124 valence electrons. The molecule has 1 N–H and O–H groups in total. The van der Waals surface area contributed by atoms with Gasteiger partial charge in [-0.15, -0.1) is 12.4 Å². The van der Waals surface area contributed by atoms with Gasteiger partial charge in [-0.05, 0) is 30.6 Å². The Morgan fingerprint density at radius 2 is 1.30 bits per heavy atom. The minimum Gasteiger partial charge on any atom is -0.277 e. The molecular formula is C16H36ClNO2. The molecule has 0 spiro atoms. The summed E-state index contributed by atoms with van der Waals surface area (Å²) in [7, 11) is 0. The summed E-state index contributed by atoms with van der Waals surface area (Å²) in [6, 6.07) is 0. The molecule has 0 radical (unpaired) electrons. The van der Waals surface area contributed by atoms with Crippen LogP contribution in [0.2, 0.25) is 0 Å². The number of hydrogen-bond acceptors (Lipinski definition) is 3. The molecule has 0 amide bonds. The third-order valence-electron chi connectivity index (χ3n) is 3.82. The molecule has 0 aliphatic heterocycles. The Bertz CT molecular complexity index is 191. The van der Waals surface area contributed by atoms with Crippen LogP contribution in [0.25, 0.3) is 0 Å². The minimum atomic E-state index is 0. The molecule has 1 fully saturated rings. The van der Waals surface area contributed by atoms with Gasteiger partial charge in [-0.2, -0.15) is 0 Å². The van der Waals surface area contributed by atoms with Gasteiger partial charge in [-0.3, -0.25) is 9.68 Å². The number of rotatable bonds is 10. The van der Waals surface area contributed by atoms with Crippen LogP contribution in [0, 0.1) is 11.3 Å². The molecule has 1 rings (SSSR count). The summed E-state index contributed by atoms with van der Waals surface area (Å²) in [5.74, 6) is 0.998. The van der Waals surface area contributed by atoms with Crippen LogP contribution in [0.4, 0.5) is 0 Å². The summed E-state index contributed by atoms with van der Waals surface area (Å²) in [4.78, 5) is 10.1. The first-order valence-corrected chi connectivity index (χ1v) is 8.03. The maximum absolute atomic E-state index is 5.04. The summed E-state index contributed by atoms with van der Waals surface area (Å²) in [5.41, 5.74) is 3.21. The highest BCUT2D eigenvalue weighted by molar-refractivity contribution is 5.85. The molecule has 1 atom stereocenters. The summed E-state index contributed by atoms with van der Waals surface area (Å²) in [5, 5.41) is 0. The smallest absolute Gasteiger partial charge is 0.0709 e. The lowest BCUT2D eigenvalue weighted by Crippen LogP contribution is -2.16. The predicted octanol–water partition coefficient (Wildman–Crippen LogP) is 5.29. The minimum absolute atomic E-state index is 0. The van der Waals surface area contributed by atoms with Crippen LogP contribution < -0.4 is 5.64 Å². The van der Waals surface area contributed by atoms with Crippen molar-refractivity contribution in [3.05, 3.63) is 0 Å². The number of nitrogens with one attached hydrogen (secondary N) is 1. The highest BCUT2D eigenvalue weighted by Crippen LogP contribution is 2.50. The molecule has 0 aromatic heterocycles. The normalized spacial score (nSPS) is 18.8. The van der Waals surface area contributed by atoms with Crippen LogP contribution >= 0.6 is 12.4 Å². The van der Waals surface area contributed by atoms with Crippen LogP contribution in [0.5, 0.6) is 0 Å².